The Bertz CT molecular complexity index is 411. The molecule has 4 nitrogen and oxygen atoms in total. The minimum absolute atomic E-state index is 0.0897. The first-order chi connectivity index (χ1) is 7.18. The summed E-state index contributed by atoms with van der Waals surface area (Å²) in [5, 5.41) is 2.64. The Labute approximate surface area is 87.7 Å². The van der Waals surface area contributed by atoms with Gasteiger partial charge in [-0.3, -0.25) is 14.6 Å². The highest BCUT2D eigenvalue weighted by molar-refractivity contribution is 6.06. The van der Waals surface area contributed by atoms with Crippen LogP contribution in [0, 0.1) is 5.92 Å². The molecule has 1 saturated carbocycles. The first kappa shape index (κ1) is 9.83. The SMILES string of the molecule is CC(=O)Nc1ccncc1C(=O)C1CC1. The fourth-order valence-corrected chi connectivity index (χ4v) is 1.45. The van der Waals surface area contributed by atoms with Crippen LogP contribution in [0.1, 0.15) is 30.1 Å². The van der Waals surface area contributed by atoms with Gasteiger partial charge >= 0.3 is 0 Å². The molecule has 0 saturated heterocycles. The van der Waals surface area contributed by atoms with Gasteiger partial charge in [0.05, 0.1) is 11.3 Å². The normalized spacial score (nSPS) is 14.7. The predicted molar refractivity (Wildman–Crippen MR) is 55.6 cm³/mol. The lowest BCUT2D eigenvalue weighted by Crippen LogP contribution is -2.12. The zero-order valence-electron chi connectivity index (χ0n) is 8.49. The van der Waals surface area contributed by atoms with Gasteiger partial charge in [-0.25, -0.2) is 0 Å². The van der Waals surface area contributed by atoms with Crippen molar-refractivity contribution in [2.45, 2.75) is 19.8 Å². The van der Waals surface area contributed by atoms with Crippen molar-refractivity contribution < 1.29 is 9.59 Å². The van der Waals surface area contributed by atoms with Gasteiger partial charge in [-0.1, -0.05) is 0 Å². The second kappa shape index (κ2) is 3.81. The maximum atomic E-state index is 11.8. The number of carbonyl (C=O) groups excluding carboxylic acids is 2. The molecule has 1 aromatic heterocycles. The van der Waals surface area contributed by atoms with Gasteiger partial charge < -0.3 is 5.32 Å². The van der Waals surface area contributed by atoms with Crippen LogP contribution >= 0.6 is 0 Å². The smallest absolute Gasteiger partial charge is 0.221 e. The number of hydrogen-bond donors (Lipinski definition) is 1. The summed E-state index contributed by atoms with van der Waals surface area (Å²) in [6.45, 7) is 1.42. The molecular weight excluding hydrogens is 192 g/mol. The summed E-state index contributed by atoms with van der Waals surface area (Å²) in [4.78, 5) is 26.7. The van der Waals surface area contributed by atoms with E-state index in [-0.39, 0.29) is 17.6 Å². The summed E-state index contributed by atoms with van der Waals surface area (Å²) in [5.74, 6) is 0.0552. The summed E-state index contributed by atoms with van der Waals surface area (Å²) in [5.41, 5.74) is 1.09. The number of aromatic nitrogens is 1. The highest BCUT2D eigenvalue weighted by Gasteiger charge is 2.31. The van der Waals surface area contributed by atoms with Crippen LogP contribution in [0.25, 0.3) is 0 Å². The lowest BCUT2D eigenvalue weighted by molar-refractivity contribution is -0.114. The molecule has 1 aliphatic carbocycles. The monoisotopic (exact) mass is 204 g/mol. The molecule has 1 heterocycles. The first-order valence-electron chi connectivity index (χ1n) is 4.94. The van der Waals surface area contributed by atoms with Gasteiger partial charge in [0.15, 0.2) is 5.78 Å². The highest BCUT2D eigenvalue weighted by Crippen LogP contribution is 2.34. The van der Waals surface area contributed by atoms with E-state index in [1.807, 2.05) is 0 Å². The average molecular weight is 204 g/mol. The molecule has 78 valence electrons. The van der Waals surface area contributed by atoms with E-state index in [9.17, 15) is 9.59 Å². The molecule has 1 amide bonds. The van der Waals surface area contributed by atoms with Crippen molar-refractivity contribution in [3.63, 3.8) is 0 Å². The fourth-order valence-electron chi connectivity index (χ4n) is 1.45. The maximum Gasteiger partial charge on any atom is 0.221 e. The number of anilines is 1. The predicted octanol–water partition coefficient (Wildman–Crippen LogP) is 1.63. The molecule has 4 heteroatoms. The van der Waals surface area contributed by atoms with Gasteiger partial charge in [-0.15, -0.1) is 0 Å². The Morgan fingerprint density at radius 2 is 2.20 bits per heavy atom. The van der Waals surface area contributed by atoms with Crippen LogP contribution in [-0.4, -0.2) is 16.7 Å². The third kappa shape index (κ3) is 2.21. The minimum Gasteiger partial charge on any atom is -0.326 e. The molecule has 2 rings (SSSR count). The molecule has 1 fully saturated rings. The molecule has 1 aliphatic rings. The molecule has 0 atom stereocenters. The van der Waals surface area contributed by atoms with Gasteiger partial charge in [0.2, 0.25) is 5.91 Å². The number of nitrogens with zero attached hydrogens (tertiary/aromatic N) is 1. The zero-order valence-corrected chi connectivity index (χ0v) is 8.49. The molecule has 1 aromatic rings. The molecule has 0 spiro atoms. The topological polar surface area (TPSA) is 59.1 Å². The zero-order chi connectivity index (χ0) is 10.8. The highest BCUT2D eigenvalue weighted by atomic mass is 16.1. The second-order valence-electron chi connectivity index (χ2n) is 3.74. The van der Waals surface area contributed by atoms with Crippen LogP contribution in [0.2, 0.25) is 0 Å². The molecule has 15 heavy (non-hydrogen) atoms. The van der Waals surface area contributed by atoms with Gasteiger partial charge in [0, 0.05) is 25.2 Å². The van der Waals surface area contributed by atoms with Gasteiger partial charge in [-0.05, 0) is 18.9 Å². The van der Waals surface area contributed by atoms with Crippen LogP contribution in [0.4, 0.5) is 5.69 Å². The number of Topliss-reactive ketones (excluding diaryl/α,β-unsaturated/α-hetero) is 1. The Balaban J connectivity index is 2.28. The lowest BCUT2D eigenvalue weighted by Gasteiger charge is -2.07. The molecule has 1 N–H and O–H groups in total. The molecule has 0 aromatic carbocycles. The number of nitrogens with one attached hydrogen (secondary N) is 1. The number of ketones is 1. The van der Waals surface area contributed by atoms with Gasteiger partial charge in [0.1, 0.15) is 0 Å². The van der Waals surface area contributed by atoms with Gasteiger partial charge in [-0.2, -0.15) is 0 Å². The van der Waals surface area contributed by atoms with E-state index in [1.54, 1.807) is 12.3 Å². The van der Waals surface area contributed by atoms with Crippen LogP contribution in [0.3, 0.4) is 0 Å². The number of amides is 1. The summed E-state index contributed by atoms with van der Waals surface area (Å²) in [6.07, 6.45) is 4.99. The summed E-state index contributed by atoms with van der Waals surface area (Å²) < 4.78 is 0. The van der Waals surface area contributed by atoms with Gasteiger partial charge in [0.25, 0.3) is 0 Å². The van der Waals surface area contributed by atoms with Crippen LogP contribution in [0.5, 0.6) is 0 Å². The van der Waals surface area contributed by atoms with Crippen molar-refractivity contribution in [1.29, 1.82) is 0 Å². The van der Waals surface area contributed by atoms with Crippen molar-refractivity contribution in [3.8, 4) is 0 Å². The fraction of sp³-hybridized carbons (Fsp3) is 0.364. The number of hydrogen-bond acceptors (Lipinski definition) is 3. The Hall–Kier alpha value is -1.71. The van der Waals surface area contributed by atoms with E-state index >= 15 is 0 Å². The Morgan fingerprint density at radius 1 is 1.47 bits per heavy atom. The van der Waals surface area contributed by atoms with Crippen LogP contribution in [-0.2, 0) is 4.79 Å². The van der Waals surface area contributed by atoms with Crippen molar-refractivity contribution >= 4 is 17.4 Å². The molecule has 0 radical (unpaired) electrons. The molecule has 0 unspecified atom stereocenters. The van der Waals surface area contributed by atoms with E-state index in [0.29, 0.717) is 11.3 Å². The second-order valence-corrected chi connectivity index (χ2v) is 3.74. The van der Waals surface area contributed by atoms with Crippen LogP contribution < -0.4 is 5.32 Å². The third-order valence-corrected chi connectivity index (χ3v) is 2.35. The summed E-state index contributed by atoms with van der Waals surface area (Å²) in [7, 11) is 0. The van der Waals surface area contributed by atoms with E-state index in [1.165, 1.54) is 13.1 Å². The first-order valence-corrected chi connectivity index (χ1v) is 4.94. The summed E-state index contributed by atoms with van der Waals surface area (Å²) in [6, 6.07) is 1.65. The molecular formula is C11H12N2O2. The van der Waals surface area contributed by atoms with E-state index in [2.05, 4.69) is 10.3 Å². The molecule has 0 bridgehead atoms. The lowest BCUT2D eigenvalue weighted by atomic mass is 10.1. The van der Waals surface area contributed by atoms with Crippen molar-refractivity contribution in [2.75, 3.05) is 5.32 Å². The van der Waals surface area contributed by atoms with Crippen molar-refractivity contribution in [2.24, 2.45) is 5.92 Å². The quantitative estimate of drug-likeness (QED) is 0.761. The maximum absolute atomic E-state index is 11.8. The Kier molecular flexibility index (Phi) is 2.49. The number of carbonyl (C=O) groups is 2. The summed E-state index contributed by atoms with van der Waals surface area (Å²) >= 11 is 0. The standard InChI is InChI=1S/C11H12N2O2/c1-7(14)13-10-4-5-12-6-9(10)11(15)8-2-3-8/h4-6,8H,2-3H2,1H3,(H,12,13,14). The largest absolute Gasteiger partial charge is 0.326 e. The van der Waals surface area contributed by atoms with E-state index in [0.717, 1.165) is 12.8 Å². The third-order valence-electron chi connectivity index (χ3n) is 2.35. The Morgan fingerprint density at radius 3 is 2.80 bits per heavy atom. The van der Waals surface area contributed by atoms with E-state index < -0.39 is 0 Å². The van der Waals surface area contributed by atoms with Crippen LogP contribution in [0.15, 0.2) is 18.5 Å². The van der Waals surface area contributed by atoms with Crippen molar-refractivity contribution in [1.82, 2.24) is 4.98 Å². The van der Waals surface area contributed by atoms with E-state index in [4.69, 9.17) is 0 Å². The minimum atomic E-state index is -0.175. The number of pyridine rings is 1. The van der Waals surface area contributed by atoms with Crippen molar-refractivity contribution in [3.05, 3.63) is 24.0 Å². The average Bonchev–Trinajstić information content (AvgIpc) is 3.00. The number of rotatable bonds is 3. The molecule has 0 aliphatic heterocycles.